The van der Waals surface area contributed by atoms with Gasteiger partial charge in [0.1, 0.15) is 11.9 Å². The van der Waals surface area contributed by atoms with Gasteiger partial charge in [0.2, 0.25) is 11.2 Å². The summed E-state index contributed by atoms with van der Waals surface area (Å²) < 4.78 is 0. The lowest BCUT2D eigenvalue weighted by atomic mass is 10.0. The number of likely N-dealkylation sites (tertiary alicyclic amines) is 2. The quantitative estimate of drug-likeness (QED) is 0.777. The minimum atomic E-state index is -0.249. The topological polar surface area (TPSA) is 85.2 Å². The number of nitrogens with zero attached hydrogens (tertiary/aromatic N) is 5. The Morgan fingerprint density at radius 1 is 1.28 bits per heavy atom. The number of aromatic nitrogens is 2. The molecule has 0 radical (unpaired) electrons. The molecular weight excluding hydrogens is 388 g/mol. The number of fused-ring (bicyclic) bond motifs is 1. The summed E-state index contributed by atoms with van der Waals surface area (Å²) in [4.78, 5) is 25.3. The van der Waals surface area contributed by atoms with Gasteiger partial charge in [0, 0.05) is 31.1 Å². The van der Waals surface area contributed by atoms with Crippen molar-refractivity contribution in [2.24, 2.45) is 0 Å². The zero-order chi connectivity index (χ0) is 20.4. The predicted octanol–water partition coefficient (Wildman–Crippen LogP) is 2.98. The van der Waals surface area contributed by atoms with Crippen LogP contribution in [0.15, 0.2) is 18.2 Å². The van der Waals surface area contributed by atoms with Gasteiger partial charge in [-0.2, -0.15) is 5.26 Å². The van der Waals surface area contributed by atoms with E-state index in [0.717, 1.165) is 61.1 Å². The summed E-state index contributed by atoms with van der Waals surface area (Å²) in [7, 11) is 0. The van der Waals surface area contributed by atoms with Crippen molar-refractivity contribution in [3.63, 3.8) is 0 Å². The molecule has 3 heterocycles. The molecular formula is C21H25ClN6O. The van der Waals surface area contributed by atoms with Crippen LogP contribution in [0.3, 0.4) is 0 Å². The lowest BCUT2D eigenvalue weighted by Crippen LogP contribution is -2.46. The van der Waals surface area contributed by atoms with Crippen molar-refractivity contribution in [3.8, 4) is 6.07 Å². The molecule has 0 saturated carbocycles. The van der Waals surface area contributed by atoms with Crippen LogP contribution in [0.5, 0.6) is 0 Å². The summed E-state index contributed by atoms with van der Waals surface area (Å²) in [6.07, 6.45) is 3.56. The van der Waals surface area contributed by atoms with Crippen LogP contribution >= 0.6 is 11.6 Å². The van der Waals surface area contributed by atoms with Crippen LogP contribution in [0.4, 0.5) is 5.82 Å². The maximum absolute atomic E-state index is 12.6. The highest BCUT2D eigenvalue weighted by atomic mass is 35.5. The number of nitrogens with one attached hydrogen (secondary N) is 1. The van der Waals surface area contributed by atoms with Gasteiger partial charge >= 0.3 is 0 Å². The average molecular weight is 413 g/mol. The van der Waals surface area contributed by atoms with Crippen LogP contribution in [0.1, 0.15) is 31.2 Å². The van der Waals surface area contributed by atoms with Crippen molar-refractivity contribution in [1.82, 2.24) is 19.8 Å². The number of amides is 1. The van der Waals surface area contributed by atoms with E-state index in [1.165, 1.54) is 0 Å². The van der Waals surface area contributed by atoms with Gasteiger partial charge in [-0.3, -0.25) is 9.69 Å². The number of carbonyl (C=O) groups excluding carboxylic acids is 1. The number of carbonyl (C=O) groups is 1. The third-order valence-electron chi connectivity index (χ3n) is 5.91. The molecule has 0 unspecified atom stereocenters. The SMILES string of the molecule is Cc1cccc2c(NC3CCN(CC(=O)N4CCC[C@H]4C#N)CC3)nc(Cl)nc12. The number of para-hydroxylation sites is 1. The number of rotatable bonds is 4. The van der Waals surface area contributed by atoms with Crippen molar-refractivity contribution < 1.29 is 4.79 Å². The fraction of sp³-hybridized carbons (Fsp3) is 0.524. The average Bonchev–Trinajstić information content (AvgIpc) is 3.19. The molecule has 2 aliphatic rings. The van der Waals surface area contributed by atoms with Gasteiger partial charge in [-0.15, -0.1) is 0 Å². The lowest BCUT2D eigenvalue weighted by Gasteiger charge is -2.33. The second kappa shape index (κ2) is 8.52. The largest absolute Gasteiger partial charge is 0.367 e. The smallest absolute Gasteiger partial charge is 0.237 e. The third kappa shape index (κ3) is 4.29. The molecule has 2 saturated heterocycles. The summed E-state index contributed by atoms with van der Waals surface area (Å²) in [5.74, 6) is 0.844. The summed E-state index contributed by atoms with van der Waals surface area (Å²) in [5, 5.41) is 13.9. The summed E-state index contributed by atoms with van der Waals surface area (Å²) in [5.41, 5.74) is 1.94. The van der Waals surface area contributed by atoms with Crippen LogP contribution in [0.2, 0.25) is 5.28 Å². The molecule has 29 heavy (non-hydrogen) atoms. The number of aryl methyl sites for hydroxylation is 1. The monoisotopic (exact) mass is 412 g/mol. The Bertz CT molecular complexity index is 950. The van der Waals surface area contributed by atoms with Gasteiger partial charge in [0.05, 0.1) is 18.1 Å². The van der Waals surface area contributed by atoms with Crippen LogP contribution in [0, 0.1) is 18.3 Å². The predicted molar refractivity (Wildman–Crippen MR) is 113 cm³/mol. The molecule has 0 bridgehead atoms. The van der Waals surface area contributed by atoms with E-state index < -0.39 is 0 Å². The first-order chi connectivity index (χ1) is 14.0. The Balaban J connectivity index is 1.36. The number of hydrogen-bond donors (Lipinski definition) is 1. The number of benzene rings is 1. The van der Waals surface area contributed by atoms with Crippen molar-refractivity contribution in [2.75, 3.05) is 31.5 Å². The van der Waals surface area contributed by atoms with E-state index in [1.54, 1.807) is 4.90 Å². The van der Waals surface area contributed by atoms with Gasteiger partial charge in [-0.05, 0) is 55.8 Å². The van der Waals surface area contributed by atoms with Crippen molar-refractivity contribution >= 4 is 34.2 Å². The Morgan fingerprint density at radius 2 is 2.07 bits per heavy atom. The van der Waals surface area contributed by atoms with Crippen LogP contribution in [0.25, 0.3) is 10.9 Å². The number of halogens is 1. The Morgan fingerprint density at radius 3 is 2.83 bits per heavy atom. The van der Waals surface area contributed by atoms with E-state index in [4.69, 9.17) is 11.6 Å². The van der Waals surface area contributed by atoms with Crippen molar-refractivity contribution in [3.05, 3.63) is 29.0 Å². The highest BCUT2D eigenvalue weighted by Crippen LogP contribution is 2.26. The first-order valence-electron chi connectivity index (χ1n) is 10.2. The summed E-state index contributed by atoms with van der Waals surface area (Å²) >= 11 is 6.14. The van der Waals surface area contributed by atoms with Crippen LogP contribution in [-0.2, 0) is 4.79 Å². The molecule has 0 spiro atoms. The summed E-state index contributed by atoms with van der Waals surface area (Å²) in [6, 6.07) is 8.29. The van der Waals surface area contributed by atoms with Crippen molar-refractivity contribution in [2.45, 2.75) is 44.7 Å². The second-order valence-electron chi connectivity index (χ2n) is 7.88. The molecule has 2 aliphatic heterocycles. The van der Waals surface area contributed by atoms with E-state index in [2.05, 4.69) is 26.3 Å². The van der Waals surface area contributed by atoms with Crippen molar-refractivity contribution in [1.29, 1.82) is 5.26 Å². The van der Waals surface area contributed by atoms with E-state index >= 15 is 0 Å². The Hall–Kier alpha value is -2.43. The fourth-order valence-corrected chi connectivity index (χ4v) is 4.46. The number of piperidine rings is 1. The molecule has 2 fully saturated rings. The van der Waals surface area contributed by atoms with Gasteiger partial charge in [-0.1, -0.05) is 12.1 Å². The molecule has 4 rings (SSSR count). The normalized spacial score (nSPS) is 20.7. The van der Waals surface area contributed by atoms with Gasteiger partial charge in [0.15, 0.2) is 0 Å². The van der Waals surface area contributed by atoms with E-state index in [0.29, 0.717) is 13.1 Å². The fourth-order valence-electron chi connectivity index (χ4n) is 4.29. The van der Waals surface area contributed by atoms with Gasteiger partial charge in [0.25, 0.3) is 0 Å². The number of hydrogen-bond acceptors (Lipinski definition) is 6. The number of nitriles is 1. The molecule has 1 amide bonds. The highest BCUT2D eigenvalue weighted by molar-refractivity contribution is 6.28. The molecule has 2 aromatic rings. The minimum absolute atomic E-state index is 0.0736. The zero-order valence-corrected chi connectivity index (χ0v) is 17.3. The minimum Gasteiger partial charge on any atom is -0.367 e. The Labute approximate surface area is 175 Å². The highest BCUT2D eigenvalue weighted by Gasteiger charge is 2.30. The molecule has 1 aromatic carbocycles. The van der Waals surface area contributed by atoms with Gasteiger partial charge in [-0.25, -0.2) is 9.97 Å². The lowest BCUT2D eigenvalue weighted by molar-refractivity contribution is -0.132. The first kappa shape index (κ1) is 19.9. The van der Waals surface area contributed by atoms with Gasteiger partial charge < -0.3 is 10.2 Å². The molecule has 152 valence electrons. The Kier molecular flexibility index (Phi) is 5.84. The van der Waals surface area contributed by atoms with E-state index in [-0.39, 0.29) is 23.3 Å². The summed E-state index contributed by atoms with van der Waals surface area (Å²) in [6.45, 7) is 4.79. The second-order valence-corrected chi connectivity index (χ2v) is 8.22. The molecule has 0 aliphatic carbocycles. The maximum Gasteiger partial charge on any atom is 0.237 e. The molecule has 7 nitrogen and oxygen atoms in total. The first-order valence-corrected chi connectivity index (χ1v) is 10.5. The number of anilines is 1. The molecule has 1 aromatic heterocycles. The maximum atomic E-state index is 12.6. The van der Waals surface area contributed by atoms with Crippen LogP contribution < -0.4 is 5.32 Å². The molecule has 8 heteroatoms. The molecule has 1 atom stereocenters. The van der Waals surface area contributed by atoms with E-state index in [1.807, 2.05) is 25.1 Å². The van der Waals surface area contributed by atoms with Crippen LogP contribution in [-0.4, -0.2) is 63.9 Å². The molecule has 1 N–H and O–H groups in total. The third-order valence-corrected chi connectivity index (χ3v) is 6.08. The van der Waals surface area contributed by atoms with E-state index in [9.17, 15) is 10.1 Å². The zero-order valence-electron chi connectivity index (χ0n) is 16.6. The standard InChI is InChI=1S/C21H25ClN6O/c1-14-4-2-6-17-19(14)25-21(22)26-20(17)24-15-7-10-27(11-8-15)13-18(29)28-9-3-5-16(28)12-23/h2,4,6,15-16H,3,5,7-11,13H2,1H3,(H,24,25,26)/t16-/m0/s1.